The van der Waals surface area contributed by atoms with Gasteiger partial charge in [-0.1, -0.05) is 35.9 Å². The maximum atomic E-state index is 13.0. The van der Waals surface area contributed by atoms with Gasteiger partial charge in [0.2, 0.25) is 5.90 Å². The van der Waals surface area contributed by atoms with E-state index < -0.39 is 10.9 Å². The van der Waals surface area contributed by atoms with Crippen molar-refractivity contribution in [3.8, 4) is 5.75 Å². The van der Waals surface area contributed by atoms with E-state index >= 15 is 0 Å². The van der Waals surface area contributed by atoms with Gasteiger partial charge < -0.3 is 9.47 Å². The Morgan fingerprint density at radius 2 is 1.81 bits per heavy atom. The SMILES string of the molecule is O=C1OC(c2ccc([N+](=O)[O-])cc2Cl)=N/C1=C\c1ccc(OCc2ccc(F)cc2)cc1. The Bertz CT molecular complexity index is 1250. The number of nitrogens with zero attached hydrogens (tertiary/aromatic N) is 2. The molecule has 7 nitrogen and oxygen atoms in total. The first-order valence-corrected chi connectivity index (χ1v) is 9.71. The number of nitro groups is 1. The zero-order valence-corrected chi connectivity index (χ0v) is 17.1. The van der Waals surface area contributed by atoms with Gasteiger partial charge in [0.05, 0.1) is 15.5 Å². The molecule has 0 bridgehead atoms. The molecule has 0 N–H and O–H groups in total. The highest BCUT2D eigenvalue weighted by molar-refractivity contribution is 6.34. The fourth-order valence-corrected chi connectivity index (χ4v) is 3.14. The van der Waals surface area contributed by atoms with Gasteiger partial charge in [0, 0.05) is 12.1 Å². The zero-order valence-electron chi connectivity index (χ0n) is 16.3. The predicted octanol–water partition coefficient (Wildman–Crippen LogP) is 5.31. The summed E-state index contributed by atoms with van der Waals surface area (Å²) in [5.41, 5.74) is 1.68. The van der Waals surface area contributed by atoms with Gasteiger partial charge >= 0.3 is 5.97 Å². The average Bonchev–Trinajstić information content (AvgIpc) is 3.14. The molecule has 4 rings (SSSR count). The molecule has 32 heavy (non-hydrogen) atoms. The summed E-state index contributed by atoms with van der Waals surface area (Å²) in [5.74, 6) is -0.392. The van der Waals surface area contributed by atoms with E-state index in [0.717, 1.165) is 5.56 Å². The third-order valence-corrected chi connectivity index (χ3v) is 4.83. The Morgan fingerprint density at radius 3 is 2.47 bits per heavy atom. The van der Waals surface area contributed by atoms with Crippen molar-refractivity contribution in [1.82, 2.24) is 0 Å². The molecule has 0 aliphatic carbocycles. The van der Waals surface area contributed by atoms with Gasteiger partial charge in [0.25, 0.3) is 5.69 Å². The second-order valence-electron chi connectivity index (χ2n) is 6.74. The third kappa shape index (κ3) is 4.81. The van der Waals surface area contributed by atoms with Crippen LogP contribution in [0.4, 0.5) is 10.1 Å². The molecule has 0 unspecified atom stereocenters. The van der Waals surface area contributed by atoms with Crippen LogP contribution < -0.4 is 4.74 Å². The van der Waals surface area contributed by atoms with Crippen LogP contribution in [-0.4, -0.2) is 16.8 Å². The number of carbonyl (C=O) groups is 1. The Balaban J connectivity index is 1.47. The Hall–Kier alpha value is -4.04. The Kier molecular flexibility index (Phi) is 5.96. The van der Waals surface area contributed by atoms with Crippen molar-refractivity contribution in [1.29, 1.82) is 0 Å². The molecule has 0 saturated carbocycles. The lowest BCUT2D eigenvalue weighted by Gasteiger charge is -2.06. The van der Waals surface area contributed by atoms with Crippen molar-refractivity contribution < 1.29 is 23.6 Å². The van der Waals surface area contributed by atoms with E-state index in [1.807, 2.05) is 0 Å². The number of non-ortho nitro benzene ring substituents is 1. The maximum Gasteiger partial charge on any atom is 0.363 e. The van der Waals surface area contributed by atoms with E-state index in [2.05, 4.69) is 4.99 Å². The third-order valence-electron chi connectivity index (χ3n) is 4.52. The fraction of sp³-hybridized carbons (Fsp3) is 0.0435. The number of halogens is 2. The molecule has 3 aromatic rings. The quantitative estimate of drug-likeness (QED) is 0.219. The molecular weight excluding hydrogens is 439 g/mol. The maximum absolute atomic E-state index is 13.0. The summed E-state index contributed by atoms with van der Waals surface area (Å²) >= 11 is 6.08. The van der Waals surface area contributed by atoms with Crippen molar-refractivity contribution in [3.63, 3.8) is 0 Å². The molecule has 1 aliphatic rings. The number of hydrogen-bond donors (Lipinski definition) is 0. The van der Waals surface area contributed by atoms with Crippen LogP contribution in [0.5, 0.6) is 5.75 Å². The number of rotatable bonds is 6. The van der Waals surface area contributed by atoms with Crippen LogP contribution in [0.25, 0.3) is 6.08 Å². The normalized spacial score (nSPS) is 14.2. The van der Waals surface area contributed by atoms with Crippen molar-refractivity contribution in [2.45, 2.75) is 6.61 Å². The van der Waals surface area contributed by atoms with Crippen LogP contribution in [0.1, 0.15) is 16.7 Å². The number of ether oxygens (including phenoxy) is 2. The molecular formula is C23H14ClFN2O5. The van der Waals surface area contributed by atoms with E-state index in [1.165, 1.54) is 30.3 Å². The lowest BCUT2D eigenvalue weighted by atomic mass is 10.2. The summed E-state index contributed by atoms with van der Waals surface area (Å²) in [7, 11) is 0. The molecule has 0 spiro atoms. The number of cyclic esters (lactones) is 1. The fourth-order valence-electron chi connectivity index (χ4n) is 2.88. The molecule has 0 saturated heterocycles. The van der Waals surface area contributed by atoms with Gasteiger partial charge in [-0.2, -0.15) is 0 Å². The minimum Gasteiger partial charge on any atom is -0.489 e. The molecule has 0 atom stereocenters. The van der Waals surface area contributed by atoms with Crippen LogP contribution in [0.3, 0.4) is 0 Å². The van der Waals surface area contributed by atoms with Gasteiger partial charge in [-0.05, 0) is 47.5 Å². The first kappa shape index (κ1) is 21.2. The molecule has 1 heterocycles. The van der Waals surface area contributed by atoms with Crippen LogP contribution in [0.15, 0.2) is 77.4 Å². The number of hydrogen-bond acceptors (Lipinski definition) is 6. The van der Waals surface area contributed by atoms with Crippen molar-refractivity contribution >= 4 is 35.2 Å². The highest BCUT2D eigenvalue weighted by atomic mass is 35.5. The molecule has 0 aromatic heterocycles. The van der Waals surface area contributed by atoms with E-state index in [1.54, 1.807) is 42.5 Å². The zero-order chi connectivity index (χ0) is 22.7. The van der Waals surface area contributed by atoms with E-state index in [-0.39, 0.29) is 40.3 Å². The van der Waals surface area contributed by atoms with Crippen LogP contribution in [0.2, 0.25) is 5.02 Å². The van der Waals surface area contributed by atoms with Gasteiger partial charge in [0.15, 0.2) is 5.70 Å². The van der Waals surface area contributed by atoms with Crippen molar-refractivity contribution in [3.05, 3.63) is 110 Å². The lowest BCUT2D eigenvalue weighted by molar-refractivity contribution is -0.384. The van der Waals surface area contributed by atoms with Crippen LogP contribution in [-0.2, 0) is 16.1 Å². The van der Waals surface area contributed by atoms with E-state index in [9.17, 15) is 19.3 Å². The lowest BCUT2D eigenvalue weighted by Crippen LogP contribution is -2.06. The Labute approximate surface area is 186 Å². The second kappa shape index (κ2) is 8.99. The highest BCUT2D eigenvalue weighted by Gasteiger charge is 2.26. The smallest absolute Gasteiger partial charge is 0.363 e. The largest absolute Gasteiger partial charge is 0.489 e. The number of benzene rings is 3. The summed E-state index contributed by atoms with van der Waals surface area (Å²) in [6.45, 7) is 0.288. The average molecular weight is 453 g/mol. The number of nitro benzene ring substituents is 1. The molecule has 0 radical (unpaired) electrons. The summed E-state index contributed by atoms with van der Waals surface area (Å²) in [6, 6.07) is 16.8. The Morgan fingerprint density at radius 1 is 1.09 bits per heavy atom. The van der Waals surface area contributed by atoms with Gasteiger partial charge in [-0.25, -0.2) is 14.2 Å². The molecule has 0 amide bonds. The summed E-state index contributed by atoms with van der Waals surface area (Å²) in [5, 5.41) is 10.9. The van der Waals surface area contributed by atoms with Gasteiger partial charge in [-0.3, -0.25) is 10.1 Å². The number of aliphatic imine (C=N–C) groups is 1. The first-order valence-electron chi connectivity index (χ1n) is 9.33. The van der Waals surface area contributed by atoms with Crippen LogP contribution in [0, 0.1) is 15.9 Å². The van der Waals surface area contributed by atoms with E-state index in [0.29, 0.717) is 11.3 Å². The van der Waals surface area contributed by atoms with Gasteiger partial charge in [0.1, 0.15) is 18.2 Å². The summed E-state index contributed by atoms with van der Waals surface area (Å²) < 4.78 is 23.8. The molecule has 0 fully saturated rings. The highest BCUT2D eigenvalue weighted by Crippen LogP contribution is 2.27. The minimum atomic E-state index is -0.661. The second-order valence-corrected chi connectivity index (χ2v) is 7.15. The van der Waals surface area contributed by atoms with Crippen molar-refractivity contribution in [2.75, 3.05) is 0 Å². The minimum absolute atomic E-state index is 0.0274. The molecule has 160 valence electrons. The number of carbonyl (C=O) groups excluding carboxylic acids is 1. The number of esters is 1. The molecule has 1 aliphatic heterocycles. The predicted molar refractivity (Wildman–Crippen MR) is 116 cm³/mol. The molecule has 9 heteroatoms. The standard InChI is InChI=1S/C23H14ClFN2O5/c24-20-12-17(27(29)30)7-10-19(20)22-26-21(23(28)32-22)11-14-3-8-18(9-4-14)31-13-15-1-5-16(25)6-2-15/h1-12H,13H2/b21-11-. The van der Waals surface area contributed by atoms with Crippen molar-refractivity contribution in [2.24, 2.45) is 4.99 Å². The summed E-state index contributed by atoms with van der Waals surface area (Å²) in [4.78, 5) is 26.6. The topological polar surface area (TPSA) is 91.0 Å². The van der Waals surface area contributed by atoms with Crippen LogP contribution >= 0.6 is 11.6 Å². The molecule has 3 aromatic carbocycles. The van der Waals surface area contributed by atoms with Gasteiger partial charge in [-0.15, -0.1) is 0 Å². The van der Waals surface area contributed by atoms with E-state index in [4.69, 9.17) is 21.1 Å². The monoisotopic (exact) mass is 452 g/mol. The first-order chi connectivity index (χ1) is 15.4. The summed E-state index contributed by atoms with van der Waals surface area (Å²) in [6.07, 6.45) is 1.54.